The minimum absolute atomic E-state index is 0.0312. The number of carbonyl (C=O) groups excluding carboxylic acids is 1. The SMILES string of the molecule is CCN(C)[C@]1(c2ccccc2)CC[C@]2(CC1)CN(CC(=O)O)C(=O)N2CC1(C)CCC1. The fraction of sp³-hybridized carbons (Fsp3) is 0.680. The van der Waals surface area contributed by atoms with Crippen LogP contribution in [0.25, 0.3) is 0 Å². The Morgan fingerprint density at radius 1 is 1.10 bits per heavy atom. The van der Waals surface area contributed by atoms with Crippen molar-refractivity contribution in [2.24, 2.45) is 5.41 Å². The number of nitrogens with zero attached hydrogens (tertiary/aromatic N) is 3. The Kier molecular flexibility index (Phi) is 5.80. The maximum absolute atomic E-state index is 13.3. The zero-order valence-electron chi connectivity index (χ0n) is 19.3. The van der Waals surface area contributed by atoms with Crippen LogP contribution in [0, 0.1) is 5.41 Å². The van der Waals surface area contributed by atoms with Crippen LogP contribution in [0.5, 0.6) is 0 Å². The first kappa shape index (κ1) is 22.1. The Hall–Kier alpha value is -2.08. The molecule has 0 bridgehead atoms. The van der Waals surface area contributed by atoms with E-state index in [1.54, 1.807) is 4.90 Å². The zero-order chi connectivity index (χ0) is 22.3. The van der Waals surface area contributed by atoms with Gasteiger partial charge >= 0.3 is 12.0 Å². The van der Waals surface area contributed by atoms with Crippen molar-refractivity contribution in [1.29, 1.82) is 0 Å². The second-order valence-corrected chi connectivity index (χ2v) is 10.4. The predicted octanol–water partition coefficient (Wildman–Crippen LogP) is 4.16. The number of urea groups is 1. The zero-order valence-corrected chi connectivity index (χ0v) is 19.3. The molecule has 1 N–H and O–H groups in total. The molecule has 170 valence electrons. The maximum Gasteiger partial charge on any atom is 0.323 e. The van der Waals surface area contributed by atoms with E-state index in [2.05, 4.69) is 61.0 Å². The van der Waals surface area contributed by atoms with E-state index < -0.39 is 5.97 Å². The lowest BCUT2D eigenvalue weighted by Gasteiger charge is -2.53. The van der Waals surface area contributed by atoms with Crippen molar-refractivity contribution in [1.82, 2.24) is 14.7 Å². The minimum Gasteiger partial charge on any atom is -0.480 e. The summed E-state index contributed by atoms with van der Waals surface area (Å²) in [5.74, 6) is -0.930. The molecule has 2 aliphatic carbocycles. The number of carbonyl (C=O) groups is 2. The molecule has 0 aromatic heterocycles. The molecular weight excluding hydrogens is 390 g/mol. The van der Waals surface area contributed by atoms with Crippen molar-refractivity contribution in [3.63, 3.8) is 0 Å². The van der Waals surface area contributed by atoms with Crippen LogP contribution < -0.4 is 0 Å². The molecule has 1 aromatic rings. The first-order valence-electron chi connectivity index (χ1n) is 11.8. The summed E-state index contributed by atoms with van der Waals surface area (Å²) in [6.07, 6.45) is 7.29. The molecule has 1 saturated heterocycles. The lowest BCUT2D eigenvalue weighted by atomic mass is 9.66. The van der Waals surface area contributed by atoms with E-state index in [4.69, 9.17) is 0 Å². The van der Waals surface area contributed by atoms with Crippen LogP contribution >= 0.6 is 0 Å². The number of hydrogen-bond donors (Lipinski definition) is 1. The second kappa shape index (κ2) is 8.12. The van der Waals surface area contributed by atoms with E-state index in [1.165, 1.54) is 12.0 Å². The van der Waals surface area contributed by atoms with E-state index in [0.29, 0.717) is 6.54 Å². The second-order valence-electron chi connectivity index (χ2n) is 10.4. The van der Waals surface area contributed by atoms with Gasteiger partial charge in [0.2, 0.25) is 0 Å². The van der Waals surface area contributed by atoms with Gasteiger partial charge in [-0.15, -0.1) is 0 Å². The molecule has 3 aliphatic rings. The highest BCUT2D eigenvalue weighted by molar-refractivity contribution is 5.83. The number of hydrogen-bond acceptors (Lipinski definition) is 3. The van der Waals surface area contributed by atoms with Crippen molar-refractivity contribution in [2.75, 3.05) is 33.2 Å². The molecule has 0 atom stereocenters. The van der Waals surface area contributed by atoms with E-state index in [-0.39, 0.29) is 29.1 Å². The molecular formula is C25H37N3O3. The average molecular weight is 428 g/mol. The Morgan fingerprint density at radius 3 is 2.26 bits per heavy atom. The van der Waals surface area contributed by atoms with Crippen LogP contribution in [0.2, 0.25) is 0 Å². The van der Waals surface area contributed by atoms with Crippen molar-refractivity contribution < 1.29 is 14.7 Å². The molecule has 1 aliphatic heterocycles. The maximum atomic E-state index is 13.3. The van der Waals surface area contributed by atoms with Gasteiger partial charge in [-0.1, -0.05) is 50.6 Å². The van der Waals surface area contributed by atoms with Gasteiger partial charge in [0.25, 0.3) is 0 Å². The van der Waals surface area contributed by atoms with Crippen molar-refractivity contribution in [3.05, 3.63) is 35.9 Å². The van der Waals surface area contributed by atoms with Crippen LogP contribution in [0.1, 0.15) is 64.4 Å². The van der Waals surface area contributed by atoms with Gasteiger partial charge in [0, 0.05) is 18.6 Å². The molecule has 3 fully saturated rings. The summed E-state index contributed by atoms with van der Waals surface area (Å²) in [7, 11) is 2.20. The summed E-state index contributed by atoms with van der Waals surface area (Å²) in [6.45, 7) is 6.53. The lowest BCUT2D eigenvalue weighted by molar-refractivity contribution is -0.137. The predicted molar refractivity (Wildman–Crippen MR) is 121 cm³/mol. The topological polar surface area (TPSA) is 64.1 Å². The first-order valence-corrected chi connectivity index (χ1v) is 11.8. The molecule has 0 unspecified atom stereocenters. The molecule has 2 saturated carbocycles. The molecule has 6 heteroatoms. The monoisotopic (exact) mass is 427 g/mol. The molecule has 4 rings (SSSR count). The summed E-state index contributed by atoms with van der Waals surface area (Å²) >= 11 is 0. The lowest BCUT2D eigenvalue weighted by Crippen LogP contribution is -2.58. The molecule has 1 aromatic carbocycles. The number of benzene rings is 1. The van der Waals surface area contributed by atoms with Crippen molar-refractivity contribution >= 4 is 12.0 Å². The number of rotatable bonds is 7. The number of amides is 2. The van der Waals surface area contributed by atoms with E-state index >= 15 is 0 Å². The third-order valence-electron chi connectivity index (χ3n) is 8.51. The summed E-state index contributed by atoms with van der Waals surface area (Å²) in [6, 6.07) is 10.7. The van der Waals surface area contributed by atoms with Gasteiger partial charge in [-0.05, 0) is 63.1 Å². The average Bonchev–Trinajstić information content (AvgIpc) is 2.98. The van der Waals surface area contributed by atoms with E-state index in [9.17, 15) is 14.7 Å². The minimum atomic E-state index is -0.930. The largest absolute Gasteiger partial charge is 0.480 e. The van der Waals surface area contributed by atoms with E-state index in [1.807, 2.05) is 0 Å². The van der Waals surface area contributed by atoms with Gasteiger partial charge in [-0.25, -0.2) is 4.79 Å². The fourth-order valence-electron chi connectivity index (χ4n) is 6.22. The Morgan fingerprint density at radius 2 is 1.74 bits per heavy atom. The number of carboxylic acid groups (broad SMARTS) is 1. The van der Waals surface area contributed by atoms with Gasteiger partial charge in [0.05, 0.1) is 5.54 Å². The quantitative estimate of drug-likeness (QED) is 0.710. The first-order chi connectivity index (χ1) is 14.7. The fourth-order valence-corrected chi connectivity index (χ4v) is 6.22. The van der Waals surface area contributed by atoms with Gasteiger partial charge in [-0.2, -0.15) is 0 Å². The number of carboxylic acids is 1. The van der Waals surface area contributed by atoms with Gasteiger partial charge in [0.15, 0.2) is 0 Å². The molecule has 1 spiro atoms. The summed E-state index contributed by atoms with van der Waals surface area (Å²) in [5.41, 5.74) is 1.24. The molecule has 2 amide bonds. The summed E-state index contributed by atoms with van der Waals surface area (Å²) < 4.78 is 0. The van der Waals surface area contributed by atoms with E-state index in [0.717, 1.165) is 51.6 Å². The Bertz CT molecular complexity index is 813. The highest BCUT2D eigenvalue weighted by atomic mass is 16.4. The molecule has 1 heterocycles. The molecule has 6 nitrogen and oxygen atoms in total. The van der Waals surface area contributed by atoms with Gasteiger partial charge in [0.1, 0.15) is 6.54 Å². The third-order valence-corrected chi connectivity index (χ3v) is 8.51. The summed E-state index contributed by atoms with van der Waals surface area (Å²) in [5, 5.41) is 9.37. The van der Waals surface area contributed by atoms with Gasteiger partial charge in [-0.3, -0.25) is 9.69 Å². The van der Waals surface area contributed by atoms with Crippen molar-refractivity contribution in [2.45, 2.75) is 69.9 Å². The molecule has 0 radical (unpaired) electrons. The van der Waals surface area contributed by atoms with Crippen LogP contribution in [0.4, 0.5) is 4.79 Å². The van der Waals surface area contributed by atoms with Crippen LogP contribution in [0.3, 0.4) is 0 Å². The standard InChI is InChI=1S/C25H37N3O3/c1-4-26(3)25(20-9-6-5-7-10-20)15-13-24(14-16-25)19-27(17-21(29)30)22(31)28(24)18-23(2)11-8-12-23/h5-7,9-10H,4,8,11-19H2,1-3H3,(H,29,30)/t24-,25+. The molecule has 31 heavy (non-hydrogen) atoms. The highest BCUT2D eigenvalue weighted by Gasteiger charge is 2.56. The van der Waals surface area contributed by atoms with Crippen LogP contribution in [0.15, 0.2) is 30.3 Å². The highest BCUT2D eigenvalue weighted by Crippen LogP contribution is 2.51. The normalized spacial score (nSPS) is 30.1. The Balaban J connectivity index is 1.62. The number of aliphatic carboxylic acids is 1. The smallest absolute Gasteiger partial charge is 0.323 e. The van der Waals surface area contributed by atoms with Crippen LogP contribution in [-0.2, 0) is 10.3 Å². The summed E-state index contributed by atoms with van der Waals surface area (Å²) in [4.78, 5) is 30.9. The van der Waals surface area contributed by atoms with Gasteiger partial charge < -0.3 is 14.9 Å². The van der Waals surface area contributed by atoms with Crippen molar-refractivity contribution in [3.8, 4) is 0 Å². The third kappa shape index (κ3) is 3.84. The Labute approximate surface area is 186 Å². The van der Waals surface area contributed by atoms with Crippen LogP contribution in [-0.4, -0.2) is 70.6 Å².